The highest BCUT2D eigenvalue weighted by molar-refractivity contribution is 6.92. The molecule has 0 aromatic heterocycles. The smallest absolute Gasteiger partial charge is 0.121 e. The number of ether oxygens (including phenoxy) is 1. The molecule has 0 N–H and O–H groups in total. The molecule has 2 aliphatic carbocycles. The Balaban J connectivity index is 2.06. The number of aryl methyl sites for hydroxylation is 1. The Morgan fingerprint density at radius 1 is 1.32 bits per heavy atom. The first kappa shape index (κ1) is 18.3. The Labute approximate surface area is 154 Å². The summed E-state index contributed by atoms with van der Waals surface area (Å²) in [6.07, 6.45) is 12.8. The molecule has 1 nitrogen and oxygen atoms in total. The number of para-hydroxylation sites is 1. The third-order valence-electron chi connectivity index (χ3n) is 6.29. The van der Waals surface area contributed by atoms with E-state index in [4.69, 9.17) is 4.74 Å². The van der Waals surface area contributed by atoms with E-state index in [-0.39, 0.29) is 0 Å². The zero-order valence-electron chi connectivity index (χ0n) is 16.2. The van der Waals surface area contributed by atoms with Crippen molar-refractivity contribution in [2.24, 2.45) is 11.8 Å². The van der Waals surface area contributed by atoms with Gasteiger partial charge in [0.1, 0.15) is 12.4 Å². The normalized spacial score (nSPS) is 25.4. The average Bonchev–Trinajstić information content (AvgIpc) is 2.99. The van der Waals surface area contributed by atoms with E-state index in [1.54, 1.807) is 5.57 Å². The number of allylic oxidation sites excluding steroid dienone is 4. The second-order valence-corrected chi connectivity index (χ2v) is 12.8. The van der Waals surface area contributed by atoms with Crippen LogP contribution >= 0.6 is 0 Å². The average molecular weight is 353 g/mol. The first-order valence-corrected chi connectivity index (χ1v) is 12.8. The maximum Gasteiger partial charge on any atom is 0.121 e. The third kappa shape index (κ3) is 3.29. The molecule has 0 amide bonds. The number of rotatable bonds is 6. The van der Waals surface area contributed by atoms with E-state index >= 15 is 0 Å². The second-order valence-electron chi connectivity index (χ2n) is 8.18. The van der Waals surface area contributed by atoms with Crippen LogP contribution in [0.15, 0.2) is 54.7 Å². The molecule has 1 aromatic rings. The maximum atomic E-state index is 6.15. The van der Waals surface area contributed by atoms with E-state index in [1.807, 2.05) is 6.08 Å². The van der Waals surface area contributed by atoms with Crippen molar-refractivity contribution in [3.8, 4) is 5.75 Å². The van der Waals surface area contributed by atoms with Gasteiger partial charge in [0.25, 0.3) is 0 Å². The first-order chi connectivity index (χ1) is 12.0. The van der Waals surface area contributed by atoms with Gasteiger partial charge in [0.2, 0.25) is 0 Å². The standard InChI is InChI=1S/C23H32OSi/c1-6-15-24-22-17(3)11-10-14-21(22)25(4,5)23-18(7-2)16-19-12-8-9-13-20(19)23/h6,8-11,13-14,18-19,23H,1,7,12,15-16H2,2-5H3. The first-order valence-electron chi connectivity index (χ1n) is 9.71. The van der Waals surface area contributed by atoms with Crippen LogP contribution in [0.25, 0.3) is 0 Å². The molecular formula is C23H32OSi. The Bertz CT molecular complexity index is 698. The largest absolute Gasteiger partial charge is 0.489 e. The highest BCUT2D eigenvalue weighted by Crippen LogP contribution is 2.54. The molecule has 3 atom stereocenters. The molecule has 134 valence electrons. The molecule has 2 aliphatic rings. The quantitative estimate of drug-likeness (QED) is 0.466. The van der Waals surface area contributed by atoms with Crippen molar-refractivity contribution < 1.29 is 4.74 Å². The van der Waals surface area contributed by atoms with Gasteiger partial charge in [0, 0.05) is 0 Å². The lowest BCUT2D eigenvalue weighted by molar-refractivity contribution is 0.363. The van der Waals surface area contributed by atoms with Crippen molar-refractivity contribution >= 4 is 13.3 Å². The molecule has 1 aromatic carbocycles. The molecule has 25 heavy (non-hydrogen) atoms. The van der Waals surface area contributed by atoms with Crippen molar-refractivity contribution in [1.82, 2.24) is 0 Å². The zero-order valence-corrected chi connectivity index (χ0v) is 17.2. The summed E-state index contributed by atoms with van der Waals surface area (Å²) >= 11 is 0. The van der Waals surface area contributed by atoms with Crippen LogP contribution in [0.1, 0.15) is 31.7 Å². The van der Waals surface area contributed by atoms with Gasteiger partial charge < -0.3 is 4.74 Å². The Kier molecular flexibility index (Phi) is 5.38. The number of hydrogen-bond donors (Lipinski definition) is 0. The van der Waals surface area contributed by atoms with Crippen molar-refractivity contribution in [1.29, 1.82) is 0 Å². The molecule has 3 unspecified atom stereocenters. The van der Waals surface area contributed by atoms with E-state index in [9.17, 15) is 0 Å². The Morgan fingerprint density at radius 2 is 2.12 bits per heavy atom. The minimum atomic E-state index is -1.73. The number of hydrogen-bond acceptors (Lipinski definition) is 1. The van der Waals surface area contributed by atoms with Gasteiger partial charge in [-0.1, -0.05) is 81.1 Å². The Morgan fingerprint density at radius 3 is 2.84 bits per heavy atom. The molecule has 0 radical (unpaired) electrons. The number of benzene rings is 1. The minimum absolute atomic E-state index is 0.582. The zero-order chi connectivity index (χ0) is 18.0. The molecule has 0 heterocycles. The van der Waals surface area contributed by atoms with Crippen molar-refractivity contribution in [3.63, 3.8) is 0 Å². The molecule has 1 saturated carbocycles. The molecule has 0 saturated heterocycles. The van der Waals surface area contributed by atoms with Crippen LogP contribution in [0.3, 0.4) is 0 Å². The van der Waals surface area contributed by atoms with Crippen LogP contribution in [0.5, 0.6) is 5.75 Å². The molecule has 2 heteroatoms. The summed E-state index contributed by atoms with van der Waals surface area (Å²) in [5.41, 5.74) is 3.70. The van der Waals surface area contributed by atoms with E-state index in [2.05, 4.69) is 69.9 Å². The van der Waals surface area contributed by atoms with Crippen molar-refractivity contribution in [3.05, 3.63) is 60.2 Å². The van der Waals surface area contributed by atoms with Crippen molar-refractivity contribution in [2.75, 3.05) is 6.61 Å². The van der Waals surface area contributed by atoms with Crippen LogP contribution in [0, 0.1) is 18.8 Å². The van der Waals surface area contributed by atoms with Gasteiger partial charge in [-0.2, -0.15) is 0 Å². The van der Waals surface area contributed by atoms with Crippen LogP contribution < -0.4 is 9.92 Å². The fourth-order valence-corrected chi connectivity index (χ4v) is 9.56. The summed E-state index contributed by atoms with van der Waals surface area (Å²) in [6, 6.07) is 6.71. The highest BCUT2D eigenvalue weighted by atomic mass is 28.3. The van der Waals surface area contributed by atoms with Gasteiger partial charge in [-0.05, 0) is 47.9 Å². The third-order valence-corrected chi connectivity index (χ3v) is 10.4. The minimum Gasteiger partial charge on any atom is -0.489 e. The molecule has 3 rings (SSSR count). The van der Waals surface area contributed by atoms with Crippen LogP contribution in [-0.2, 0) is 0 Å². The van der Waals surface area contributed by atoms with E-state index in [0.717, 1.165) is 23.1 Å². The van der Waals surface area contributed by atoms with Crippen molar-refractivity contribution in [2.45, 2.75) is 51.7 Å². The fraction of sp³-hybridized carbons (Fsp3) is 0.478. The van der Waals surface area contributed by atoms with E-state index in [0.29, 0.717) is 6.61 Å². The highest BCUT2D eigenvalue weighted by Gasteiger charge is 2.48. The Hall–Kier alpha value is -1.54. The van der Waals surface area contributed by atoms with Gasteiger partial charge in [-0.25, -0.2) is 0 Å². The summed E-state index contributed by atoms with van der Waals surface area (Å²) in [5, 5.41) is 1.48. The van der Waals surface area contributed by atoms with Crippen LogP contribution in [0.4, 0.5) is 0 Å². The maximum absolute atomic E-state index is 6.15. The summed E-state index contributed by atoms with van der Waals surface area (Å²) in [6.45, 7) is 14.1. The van der Waals surface area contributed by atoms with Gasteiger partial charge in [-0.3, -0.25) is 0 Å². The summed E-state index contributed by atoms with van der Waals surface area (Å²) < 4.78 is 6.15. The molecule has 0 bridgehead atoms. The van der Waals surface area contributed by atoms with Crippen LogP contribution in [0.2, 0.25) is 18.6 Å². The predicted molar refractivity (Wildman–Crippen MR) is 111 cm³/mol. The van der Waals surface area contributed by atoms with E-state index < -0.39 is 8.07 Å². The molecule has 1 fully saturated rings. The van der Waals surface area contributed by atoms with Gasteiger partial charge in [0.05, 0.1) is 8.07 Å². The number of fused-ring (bicyclic) bond motifs is 1. The monoisotopic (exact) mass is 352 g/mol. The lowest BCUT2D eigenvalue weighted by atomic mass is 9.94. The van der Waals surface area contributed by atoms with Gasteiger partial charge >= 0.3 is 0 Å². The molecule has 0 aliphatic heterocycles. The lowest BCUT2D eigenvalue weighted by Gasteiger charge is -2.37. The van der Waals surface area contributed by atoms with E-state index in [1.165, 1.54) is 30.0 Å². The lowest BCUT2D eigenvalue weighted by Crippen LogP contribution is -2.48. The van der Waals surface area contributed by atoms with Gasteiger partial charge in [0.15, 0.2) is 0 Å². The molecular weight excluding hydrogens is 320 g/mol. The second kappa shape index (κ2) is 7.37. The summed E-state index contributed by atoms with van der Waals surface area (Å²) in [4.78, 5) is 0. The summed E-state index contributed by atoms with van der Waals surface area (Å²) in [5.74, 6) is 2.70. The fourth-order valence-electron chi connectivity index (χ4n) is 5.13. The topological polar surface area (TPSA) is 9.23 Å². The summed E-state index contributed by atoms with van der Waals surface area (Å²) in [7, 11) is -1.73. The SMILES string of the molecule is C=CCOc1c(C)cccc1[Si](C)(C)C1C2=CC=CCC2CC1CC. The van der Waals surface area contributed by atoms with Crippen LogP contribution in [-0.4, -0.2) is 14.7 Å². The molecule has 0 spiro atoms. The predicted octanol–water partition coefficient (Wildman–Crippen LogP) is 5.78. The van der Waals surface area contributed by atoms with Gasteiger partial charge in [-0.15, -0.1) is 0 Å².